The summed E-state index contributed by atoms with van der Waals surface area (Å²) in [5, 5.41) is 0. The van der Waals surface area contributed by atoms with Gasteiger partial charge >= 0.3 is 0 Å². The van der Waals surface area contributed by atoms with Gasteiger partial charge in [0.1, 0.15) is 5.91 Å². The highest BCUT2D eigenvalue weighted by molar-refractivity contribution is 6.39. The van der Waals surface area contributed by atoms with Crippen LogP contribution in [0.25, 0.3) is 0 Å². The molecule has 0 saturated carbocycles. The Balaban J connectivity index is 4.17. The molecular formula is C15H38N2O2Si2. The number of nitrogens with zero attached hydrogens (tertiary/aromatic N) is 2. The fourth-order valence-corrected chi connectivity index (χ4v) is 7.96. The Morgan fingerprint density at radius 1 is 0.762 bits per heavy atom. The third-order valence-corrected chi connectivity index (χ3v) is 8.90. The molecular weight excluding hydrogens is 296 g/mol. The molecule has 0 atom stereocenters. The van der Waals surface area contributed by atoms with Gasteiger partial charge in [0.25, 0.3) is 0 Å². The van der Waals surface area contributed by atoms with Crippen molar-refractivity contribution in [1.29, 1.82) is 0 Å². The van der Waals surface area contributed by atoms with Gasteiger partial charge in [0.05, 0.1) is 19.0 Å². The average molecular weight is 335 g/mol. The van der Waals surface area contributed by atoms with Gasteiger partial charge in [-0.1, -0.05) is 46.2 Å². The summed E-state index contributed by atoms with van der Waals surface area (Å²) >= 11 is 0. The number of methoxy groups -OCH3 is 2. The van der Waals surface area contributed by atoms with Gasteiger partial charge in [-0.15, -0.1) is 0 Å². The van der Waals surface area contributed by atoms with Crippen LogP contribution in [-0.4, -0.2) is 80.9 Å². The van der Waals surface area contributed by atoms with Crippen molar-refractivity contribution in [3.63, 3.8) is 0 Å². The Hall–Kier alpha value is 0.274. The molecule has 21 heavy (non-hydrogen) atoms. The van der Waals surface area contributed by atoms with Crippen molar-refractivity contribution in [2.24, 2.45) is 0 Å². The van der Waals surface area contributed by atoms with E-state index in [1.807, 2.05) is 0 Å². The zero-order valence-corrected chi connectivity index (χ0v) is 18.1. The smallest absolute Gasteiger partial charge is 0.134 e. The lowest BCUT2D eigenvalue weighted by Gasteiger charge is -2.38. The van der Waals surface area contributed by atoms with Crippen molar-refractivity contribution in [2.75, 3.05) is 40.4 Å². The van der Waals surface area contributed by atoms with E-state index >= 15 is 0 Å². The summed E-state index contributed by atoms with van der Waals surface area (Å²) in [5.74, 6) is 0.866. The van der Waals surface area contributed by atoms with Gasteiger partial charge in [-0.3, -0.25) is 9.80 Å². The minimum absolute atomic E-state index is 0.0786. The second-order valence-electron chi connectivity index (χ2n) is 5.46. The van der Waals surface area contributed by atoms with Gasteiger partial charge in [0.2, 0.25) is 0 Å². The van der Waals surface area contributed by atoms with Crippen molar-refractivity contribution in [3.05, 3.63) is 0 Å². The first-order valence-corrected chi connectivity index (χ1v) is 12.3. The topological polar surface area (TPSA) is 24.9 Å². The van der Waals surface area contributed by atoms with Crippen LogP contribution < -0.4 is 0 Å². The fraction of sp³-hybridized carbons (Fsp3) is 1.00. The molecule has 0 spiro atoms. The second-order valence-corrected chi connectivity index (χ2v) is 9.43. The molecule has 0 aromatic heterocycles. The molecule has 0 fully saturated rings. The van der Waals surface area contributed by atoms with Crippen LogP contribution in [0.3, 0.4) is 0 Å². The highest BCUT2D eigenvalue weighted by atomic mass is 28.2. The largest absolute Gasteiger partial charge is 0.360 e. The highest BCUT2D eigenvalue weighted by Gasteiger charge is 2.20. The molecule has 6 heteroatoms. The lowest BCUT2D eigenvalue weighted by molar-refractivity contribution is -0.0441. The Bertz CT molecular complexity index is 212. The molecule has 0 aliphatic rings. The molecule has 0 aromatic carbocycles. The number of hydrogen-bond donors (Lipinski definition) is 0. The van der Waals surface area contributed by atoms with Crippen LogP contribution in [0.5, 0.6) is 0 Å². The van der Waals surface area contributed by atoms with Crippen LogP contribution >= 0.6 is 0 Å². The van der Waals surface area contributed by atoms with Gasteiger partial charge in [-0.25, -0.2) is 0 Å². The second kappa shape index (κ2) is 13.9. The Labute approximate surface area is 137 Å². The summed E-state index contributed by atoms with van der Waals surface area (Å²) in [6.07, 6.45) is 1.38. The van der Waals surface area contributed by atoms with E-state index in [4.69, 9.17) is 9.47 Å². The Morgan fingerprint density at radius 2 is 1.19 bits per heavy atom. The van der Waals surface area contributed by atoms with E-state index in [1.54, 1.807) is 14.2 Å². The Kier molecular flexibility index (Phi) is 14.1. The fourth-order valence-electron chi connectivity index (χ4n) is 3.03. The van der Waals surface area contributed by atoms with Crippen molar-refractivity contribution in [3.8, 4) is 0 Å². The zero-order valence-electron chi connectivity index (χ0n) is 15.2. The lowest BCUT2D eigenvalue weighted by atomic mass is 10.5. The van der Waals surface area contributed by atoms with E-state index < -0.39 is 0 Å². The SMILES string of the molecule is CCN(CC)C([SiH2]CCC[SiH2]C(OC)OC)N(CC)CC. The van der Waals surface area contributed by atoms with Crippen LogP contribution in [0.15, 0.2) is 0 Å². The van der Waals surface area contributed by atoms with Gasteiger partial charge in [-0.2, -0.15) is 0 Å². The molecule has 4 nitrogen and oxygen atoms in total. The van der Waals surface area contributed by atoms with E-state index in [0.29, 0.717) is 0 Å². The zero-order chi connectivity index (χ0) is 16.1. The molecule has 128 valence electrons. The maximum Gasteiger partial charge on any atom is 0.134 e. The molecule has 0 rings (SSSR count). The van der Waals surface area contributed by atoms with E-state index in [0.717, 1.165) is 5.79 Å². The van der Waals surface area contributed by atoms with Crippen LogP contribution in [0.2, 0.25) is 12.1 Å². The third-order valence-electron chi connectivity index (χ3n) is 4.40. The molecule has 0 heterocycles. The monoisotopic (exact) mass is 334 g/mol. The van der Waals surface area contributed by atoms with Crippen LogP contribution in [-0.2, 0) is 9.47 Å². The van der Waals surface area contributed by atoms with Crippen LogP contribution in [0.4, 0.5) is 0 Å². The normalized spacial score (nSPS) is 13.4. The number of rotatable bonds is 14. The lowest BCUT2D eigenvalue weighted by Crippen LogP contribution is -2.51. The minimum atomic E-state index is -0.229. The van der Waals surface area contributed by atoms with Gasteiger partial charge < -0.3 is 9.47 Å². The minimum Gasteiger partial charge on any atom is -0.360 e. The van der Waals surface area contributed by atoms with Crippen molar-refractivity contribution < 1.29 is 9.47 Å². The van der Waals surface area contributed by atoms with Crippen LogP contribution in [0, 0.1) is 0 Å². The molecule has 0 aliphatic carbocycles. The molecule has 0 aliphatic heterocycles. The summed E-state index contributed by atoms with van der Waals surface area (Å²) in [4.78, 5) is 5.31. The van der Waals surface area contributed by atoms with Crippen molar-refractivity contribution >= 4 is 19.0 Å². The molecule has 0 unspecified atom stereocenters. The maximum absolute atomic E-state index is 5.31. The maximum atomic E-state index is 5.31. The highest BCUT2D eigenvalue weighted by Crippen LogP contribution is 2.09. The predicted octanol–water partition coefficient (Wildman–Crippen LogP) is 1.09. The first kappa shape index (κ1) is 21.3. The van der Waals surface area contributed by atoms with Gasteiger partial charge in [0.15, 0.2) is 0 Å². The van der Waals surface area contributed by atoms with Crippen LogP contribution in [0.1, 0.15) is 34.1 Å². The molecule has 0 saturated heterocycles. The van der Waals surface area contributed by atoms with Gasteiger partial charge in [-0.05, 0) is 26.2 Å². The van der Waals surface area contributed by atoms with Gasteiger partial charge in [0, 0.05) is 20.0 Å². The molecule has 0 bridgehead atoms. The van der Waals surface area contributed by atoms with Crippen molar-refractivity contribution in [1.82, 2.24) is 9.80 Å². The van der Waals surface area contributed by atoms with E-state index in [2.05, 4.69) is 37.5 Å². The predicted molar refractivity (Wildman–Crippen MR) is 98.8 cm³/mol. The number of ether oxygens (including phenoxy) is 2. The molecule has 0 radical (unpaired) electrons. The summed E-state index contributed by atoms with van der Waals surface area (Å²) in [6.45, 7) is 13.9. The summed E-state index contributed by atoms with van der Waals surface area (Å²) in [7, 11) is 3.21. The average Bonchev–Trinajstić information content (AvgIpc) is 2.52. The van der Waals surface area contributed by atoms with Crippen molar-refractivity contribution in [2.45, 2.75) is 57.9 Å². The molecule has 0 N–H and O–H groups in total. The number of hydrogen-bond acceptors (Lipinski definition) is 4. The quantitative estimate of drug-likeness (QED) is 0.270. The molecule has 0 amide bonds. The summed E-state index contributed by atoms with van der Waals surface area (Å²) in [6, 6.07) is 2.80. The summed E-state index contributed by atoms with van der Waals surface area (Å²) < 4.78 is 10.6. The van der Waals surface area contributed by atoms with E-state index in [-0.39, 0.29) is 25.0 Å². The first-order chi connectivity index (χ1) is 10.2. The van der Waals surface area contributed by atoms with E-state index in [9.17, 15) is 0 Å². The standard InChI is InChI=1S/C15H38N2O2Si2/c1-7-16(8-2)14(17(9-3)10-4)20-12-11-13-21-15(18-5)19-6/h14-15H,7-13,20-21H2,1-6H3. The van der Waals surface area contributed by atoms with E-state index in [1.165, 1.54) is 44.7 Å². The third kappa shape index (κ3) is 8.47. The first-order valence-electron chi connectivity index (χ1n) is 8.71. The Morgan fingerprint density at radius 3 is 1.57 bits per heavy atom. The molecule has 0 aromatic rings. The summed E-state index contributed by atoms with van der Waals surface area (Å²) in [5.41, 5.74) is 0.